The molecule has 2 aromatic rings. The first-order valence-electron chi connectivity index (χ1n) is 11.0. The molecular weight excluding hydrogens is 437 g/mol. The van der Waals surface area contributed by atoms with Crippen molar-refractivity contribution in [1.29, 1.82) is 5.26 Å². The molecule has 11 heteroatoms. The molecule has 0 amide bonds. The van der Waals surface area contributed by atoms with Gasteiger partial charge in [0.2, 0.25) is 5.95 Å². The van der Waals surface area contributed by atoms with Crippen molar-refractivity contribution in [3.8, 4) is 23.7 Å². The lowest BCUT2D eigenvalue weighted by Gasteiger charge is -2.26. The summed E-state index contributed by atoms with van der Waals surface area (Å²) >= 11 is 0. The van der Waals surface area contributed by atoms with E-state index in [0.29, 0.717) is 30.7 Å². The summed E-state index contributed by atoms with van der Waals surface area (Å²) in [6.45, 7) is 9.33. The monoisotopic (exact) mass is 466 g/mol. The Bertz CT molecular complexity index is 955. The molecule has 0 bridgehead atoms. The molecule has 1 saturated carbocycles. The molecule has 8 nitrogen and oxygen atoms in total. The number of nitriles is 1. The molecule has 1 heterocycles. The lowest BCUT2D eigenvalue weighted by Crippen LogP contribution is -2.36. The van der Waals surface area contributed by atoms with Crippen molar-refractivity contribution in [3.05, 3.63) is 24.3 Å². The molecule has 0 aliphatic heterocycles. The number of nitrogens with zero attached hydrogens (tertiary/aromatic N) is 5. The van der Waals surface area contributed by atoms with Crippen molar-refractivity contribution in [2.45, 2.75) is 59.0 Å². The molecule has 1 aromatic heterocycles. The maximum Gasteiger partial charge on any atom is 0.573 e. The van der Waals surface area contributed by atoms with E-state index in [4.69, 9.17) is 4.74 Å². The van der Waals surface area contributed by atoms with Crippen molar-refractivity contribution in [1.82, 2.24) is 19.7 Å². The molecule has 33 heavy (non-hydrogen) atoms. The van der Waals surface area contributed by atoms with E-state index >= 15 is 0 Å². The molecule has 180 valence electrons. The molecule has 0 spiro atoms. The number of halogens is 3. The van der Waals surface area contributed by atoms with Gasteiger partial charge in [0.25, 0.3) is 0 Å². The van der Waals surface area contributed by atoms with Crippen molar-refractivity contribution in [2.75, 3.05) is 18.4 Å². The van der Waals surface area contributed by atoms with Crippen molar-refractivity contribution < 1.29 is 22.6 Å². The number of aromatic nitrogens is 3. The highest BCUT2D eigenvalue weighted by Gasteiger charge is 2.35. The summed E-state index contributed by atoms with van der Waals surface area (Å²) in [6.07, 6.45) is -0.465. The Morgan fingerprint density at radius 3 is 2.48 bits per heavy atom. The average Bonchev–Trinajstić information content (AvgIpc) is 3.30. The van der Waals surface area contributed by atoms with E-state index in [1.54, 1.807) is 9.58 Å². The average molecular weight is 467 g/mol. The van der Waals surface area contributed by atoms with Gasteiger partial charge in [-0.1, -0.05) is 6.92 Å². The van der Waals surface area contributed by atoms with Gasteiger partial charge in [-0.3, -0.25) is 0 Å². The first-order valence-corrected chi connectivity index (χ1v) is 11.0. The molecule has 1 aromatic carbocycles. The number of benzene rings is 1. The molecule has 0 saturated heterocycles. The minimum Gasteiger partial charge on any atom is -0.424 e. The number of rotatable bonds is 9. The summed E-state index contributed by atoms with van der Waals surface area (Å²) in [5, 5.41) is 17.3. The summed E-state index contributed by atoms with van der Waals surface area (Å²) in [7, 11) is 0. The van der Waals surface area contributed by atoms with Gasteiger partial charge in [-0.25, -0.2) is 4.68 Å². The molecule has 1 aliphatic rings. The van der Waals surface area contributed by atoms with Crippen LogP contribution in [0.2, 0.25) is 0 Å². The Morgan fingerprint density at radius 2 is 1.91 bits per heavy atom. The van der Waals surface area contributed by atoms with Crippen LogP contribution in [0.1, 0.15) is 46.6 Å². The zero-order valence-corrected chi connectivity index (χ0v) is 19.1. The Morgan fingerprint density at radius 1 is 1.24 bits per heavy atom. The van der Waals surface area contributed by atoms with Crippen molar-refractivity contribution >= 4 is 5.95 Å². The summed E-state index contributed by atoms with van der Waals surface area (Å²) in [5.74, 6) is 1.08. The normalized spacial score (nSPS) is 20.5. The molecule has 1 aliphatic carbocycles. The third kappa shape index (κ3) is 6.43. The predicted octanol–water partition coefficient (Wildman–Crippen LogP) is 5.18. The number of hydrogen-bond donors (Lipinski definition) is 1. The maximum absolute atomic E-state index is 12.4. The topological polar surface area (TPSA) is 88.2 Å². The Labute approximate surface area is 191 Å². The standard InChI is InChI=1S/C22H29F3N6O2/c1-5-30(13-26)12-16-7-6-15(4)19(16)27-20-28-21(31(29-20)14(2)3)32-17-8-10-18(11-9-17)33-22(23,24)25/h8-11,14-16,19H,5-7,12H2,1-4H3,(H,27,29)/t15-,16-,19+/m0/s1. The summed E-state index contributed by atoms with van der Waals surface area (Å²) in [4.78, 5) is 6.24. The van der Waals surface area contributed by atoms with E-state index in [-0.39, 0.29) is 29.8 Å². The summed E-state index contributed by atoms with van der Waals surface area (Å²) in [5.41, 5.74) is 0. The van der Waals surface area contributed by atoms with Crippen LogP contribution in [0.3, 0.4) is 0 Å². The second-order valence-corrected chi connectivity index (χ2v) is 8.50. The van der Waals surface area contributed by atoms with Crippen molar-refractivity contribution in [3.63, 3.8) is 0 Å². The van der Waals surface area contributed by atoms with Gasteiger partial charge < -0.3 is 19.7 Å². The van der Waals surface area contributed by atoms with Crippen LogP contribution >= 0.6 is 0 Å². The second-order valence-electron chi connectivity index (χ2n) is 8.50. The Balaban J connectivity index is 1.74. The fourth-order valence-corrected chi connectivity index (χ4v) is 4.03. The van der Waals surface area contributed by atoms with E-state index in [9.17, 15) is 18.4 Å². The van der Waals surface area contributed by atoms with Crippen LogP contribution in [0.15, 0.2) is 24.3 Å². The van der Waals surface area contributed by atoms with E-state index in [1.165, 1.54) is 24.3 Å². The third-order valence-corrected chi connectivity index (χ3v) is 5.74. The van der Waals surface area contributed by atoms with E-state index in [2.05, 4.69) is 33.3 Å². The van der Waals surface area contributed by atoms with E-state index in [0.717, 1.165) is 12.8 Å². The highest BCUT2D eigenvalue weighted by molar-refractivity contribution is 5.35. The van der Waals surface area contributed by atoms with Gasteiger partial charge in [0, 0.05) is 19.1 Å². The van der Waals surface area contributed by atoms with Crippen molar-refractivity contribution in [2.24, 2.45) is 11.8 Å². The molecule has 0 radical (unpaired) electrons. The largest absolute Gasteiger partial charge is 0.573 e. The number of hydrogen-bond acceptors (Lipinski definition) is 7. The van der Waals surface area contributed by atoms with Gasteiger partial charge in [0.15, 0.2) is 6.19 Å². The van der Waals surface area contributed by atoms with Crippen LogP contribution in [-0.4, -0.2) is 45.2 Å². The molecule has 1 N–H and O–H groups in total. The van der Waals surface area contributed by atoms with Gasteiger partial charge in [-0.05, 0) is 69.7 Å². The molecule has 3 atom stereocenters. The quantitative estimate of drug-likeness (QED) is 0.402. The lowest BCUT2D eigenvalue weighted by molar-refractivity contribution is -0.274. The van der Waals surface area contributed by atoms with Crippen LogP contribution in [0.4, 0.5) is 19.1 Å². The first-order chi connectivity index (χ1) is 15.6. The van der Waals surface area contributed by atoms with Gasteiger partial charge in [0.1, 0.15) is 11.5 Å². The Kier molecular flexibility index (Phi) is 7.56. The van der Waals surface area contributed by atoms with Gasteiger partial charge >= 0.3 is 12.4 Å². The number of nitrogens with one attached hydrogen (secondary N) is 1. The number of alkyl halides is 3. The fourth-order valence-electron chi connectivity index (χ4n) is 4.03. The zero-order valence-electron chi connectivity index (χ0n) is 19.1. The second kappa shape index (κ2) is 10.2. The van der Waals surface area contributed by atoms with Gasteiger partial charge in [0.05, 0.1) is 6.04 Å². The Hall–Kier alpha value is -3.16. The number of ether oxygens (including phenoxy) is 2. The summed E-state index contributed by atoms with van der Waals surface area (Å²) < 4.78 is 48.4. The highest BCUT2D eigenvalue weighted by atomic mass is 19.4. The maximum atomic E-state index is 12.4. The van der Waals surface area contributed by atoms with Crippen LogP contribution < -0.4 is 14.8 Å². The van der Waals surface area contributed by atoms with Gasteiger partial charge in [-0.15, -0.1) is 18.3 Å². The summed E-state index contributed by atoms with van der Waals surface area (Å²) in [6, 6.07) is 5.40. The molecule has 0 unspecified atom stereocenters. The zero-order chi connectivity index (χ0) is 24.2. The highest BCUT2D eigenvalue weighted by Crippen LogP contribution is 2.34. The molecular formula is C22H29F3N6O2. The molecule has 3 rings (SSSR count). The van der Waals surface area contributed by atoms with Crippen LogP contribution in [0.5, 0.6) is 17.5 Å². The minimum absolute atomic E-state index is 0.0538. The SMILES string of the molecule is CCN(C#N)C[C@@H]1CC[C@H](C)[C@H]1Nc1nc(Oc2ccc(OC(F)(F)F)cc2)n(C(C)C)n1. The minimum atomic E-state index is -4.75. The first kappa shape index (κ1) is 24.5. The fraction of sp³-hybridized carbons (Fsp3) is 0.591. The predicted molar refractivity (Wildman–Crippen MR) is 116 cm³/mol. The van der Waals surface area contributed by atoms with Gasteiger partial charge in [-0.2, -0.15) is 10.2 Å². The van der Waals surface area contributed by atoms with E-state index in [1.807, 2.05) is 20.8 Å². The molecule has 1 fully saturated rings. The van der Waals surface area contributed by atoms with E-state index < -0.39 is 6.36 Å². The van der Waals surface area contributed by atoms with Crippen LogP contribution in [0, 0.1) is 23.3 Å². The third-order valence-electron chi connectivity index (χ3n) is 5.74. The van der Waals surface area contributed by atoms with Crippen LogP contribution in [0.25, 0.3) is 0 Å². The lowest BCUT2D eigenvalue weighted by atomic mass is 9.98. The van der Waals surface area contributed by atoms with Crippen LogP contribution in [-0.2, 0) is 0 Å². The number of anilines is 1. The smallest absolute Gasteiger partial charge is 0.424 e.